The minimum atomic E-state index is -0.723. The van der Waals surface area contributed by atoms with Crippen LogP contribution in [0.3, 0.4) is 0 Å². The van der Waals surface area contributed by atoms with Crippen molar-refractivity contribution >= 4 is 0 Å². The van der Waals surface area contributed by atoms with E-state index in [1.807, 2.05) is 13.2 Å². The third-order valence-corrected chi connectivity index (χ3v) is 3.74. The molecule has 0 aliphatic heterocycles. The van der Waals surface area contributed by atoms with Crippen LogP contribution in [0.25, 0.3) is 0 Å². The second-order valence-electron chi connectivity index (χ2n) is 7.29. The Morgan fingerprint density at radius 1 is 1.12 bits per heavy atom. The average molecular weight is 236 g/mol. The molecule has 1 aliphatic rings. The van der Waals surface area contributed by atoms with Gasteiger partial charge in [0.05, 0.1) is 11.8 Å². The maximum Gasteiger partial charge on any atom is 0.0937 e. The molecular formula is C14H24N2O. The van der Waals surface area contributed by atoms with Gasteiger partial charge < -0.3 is 5.11 Å². The van der Waals surface area contributed by atoms with Gasteiger partial charge in [-0.25, -0.2) is 0 Å². The molecule has 1 aliphatic carbocycles. The predicted octanol–water partition coefficient (Wildman–Crippen LogP) is 2.84. The molecule has 1 aromatic rings. The van der Waals surface area contributed by atoms with E-state index >= 15 is 0 Å². The molecule has 1 aromatic heterocycles. The van der Waals surface area contributed by atoms with Crippen molar-refractivity contribution in [1.29, 1.82) is 0 Å². The van der Waals surface area contributed by atoms with E-state index in [1.54, 1.807) is 10.9 Å². The molecule has 3 heteroatoms. The third-order valence-electron chi connectivity index (χ3n) is 3.74. The van der Waals surface area contributed by atoms with Gasteiger partial charge >= 0.3 is 0 Å². The molecule has 1 heterocycles. The van der Waals surface area contributed by atoms with Gasteiger partial charge in [0.15, 0.2) is 0 Å². The maximum atomic E-state index is 11.0. The predicted molar refractivity (Wildman–Crippen MR) is 68.5 cm³/mol. The molecule has 0 saturated heterocycles. The molecule has 2 rings (SSSR count). The zero-order valence-electron chi connectivity index (χ0n) is 11.6. The summed E-state index contributed by atoms with van der Waals surface area (Å²) in [5.74, 6) is 0. The summed E-state index contributed by atoms with van der Waals surface area (Å²) in [5, 5.41) is 15.2. The van der Waals surface area contributed by atoms with Gasteiger partial charge in [-0.2, -0.15) is 5.10 Å². The Balaban J connectivity index is 2.36. The molecule has 0 radical (unpaired) electrons. The number of hydrogen-bond donors (Lipinski definition) is 1. The fraction of sp³-hybridized carbons (Fsp3) is 0.786. The van der Waals surface area contributed by atoms with Gasteiger partial charge in [0, 0.05) is 18.8 Å². The fourth-order valence-electron chi connectivity index (χ4n) is 3.93. The molecule has 0 bridgehead atoms. The van der Waals surface area contributed by atoms with Crippen LogP contribution >= 0.6 is 0 Å². The summed E-state index contributed by atoms with van der Waals surface area (Å²) in [6, 6.07) is 0. The number of rotatable bonds is 1. The van der Waals surface area contributed by atoms with Crippen LogP contribution < -0.4 is 0 Å². The van der Waals surface area contributed by atoms with Crippen LogP contribution in [0.1, 0.15) is 52.5 Å². The van der Waals surface area contributed by atoms with Crippen molar-refractivity contribution in [2.75, 3.05) is 0 Å². The molecule has 3 nitrogen and oxygen atoms in total. The number of nitrogens with zero attached hydrogens (tertiary/aromatic N) is 2. The highest BCUT2D eigenvalue weighted by molar-refractivity contribution is 5.18. The van der Waals surface area contributed by atoms with E-state index < -0.39 is 5.60 Å². The molecule has 1 N–H and O–H groups in total. The summed E-state index contributed by atoms with van der Waals surface area (Å²) < 4.78 is 1.77. The molecule has 0 atom stereocenters. The maximum absolute atomic E-state index is 11.0. The van der Waals surface area contributed by atoms with E-state index in [0.717, 1.165) is 24.8 Å². The lowest BCUT2D eigenvalue weighted by atomic mass is 9.58. The minimum absolute atomic E-state index is 0.173. The van der Waals surface area contributed by atoms with Crippen LogP contribution in [-0.2, 0) is 12.6 Å². The van der Waals surface area contributed by atoms with Crippen molar-refractivity contribution < 1.29 is 5.11 Å². The Bertz CT molecular complexity index is 402. The largest absolute Gasteiger partial charge is 0.385 e. The van der Waals surface area contributed by atoms with Crippen LogP contribution in [-0.4, -0.2) is 14.9 Å². The first-order valence-corrected chi connectivity index (χ1v) is 6.34. The normalized spacial score (nSPS) is 25.8. The second kappa shape index (κ2) is 3.58. The van der Waals surface area contributed by atoms with Gasteiger partial charge in [-0.05, 0) is 30.1 Å². The lowest BCUT2D eigenvalue weighted by Gasteiger charge is -2.49. The highest BCUT2D eigenvalue weighted by Gasteiger charge is 2.47. The van der Waals surface area contributed by atoms with Gasteiger partial charge in [0.1, 0.15) is 0 Å². The molecule has 0 spiro atoms. The van der Waals surface area contributed by atoms with E-state index in [-0.39, 0.29) is 10.8 Å². The third kappa shape index (κ3) is 2.54. The fourth-order valence-corrected chi connectivity index (χ4v) is 3.93. The summed E-state index contributed by atoms with van der Waals surface area (Å²) in [4.78, 5) is 0. The summed E-state index contributed by atoms with van der Waals surface area (Å²) in [5.41, 5.74) is 0.582. The van der Waals surface area contributed by atoms with Crippen LogP contribution in [0.15, 0.2) is 12.4 Å². The quantitative estimate of drug-likeness (QED) is 0.814. The number of aromatic nitrogens is 2. The Morgan fingerprint density at radius 3 is 2.06 bits per heavy atom. The van der Waals surface area contributed by atoms with Crippen LogP contribution in [0, 0.1) is 10.8 Å². The highest BCUT2D eigenvalue weighted by Crippen LogP contribution is 2.53. The lowest BCUT2D eigenvalue weighted by molar-refractivity contribution is -0.0913. The van der Waals surface area contributed by atoms with Crippen LogP contribution in [0.4, 0.5) is 0 Å². The summed E-state index contributed by atoms with van der Waals surface area (Å²) in [6.45, 7) is 8.98. The van der Waals surface area contributed by atoms with Crippen LogP contribution in [0.2, 0.25) is 0 Å². The zero-order valence-corrected chi connectivity index (χ0v) is 11.6. The van der Waals surface area contributed by atoms with E-state index in [0.29, 0.717) is 0 Å². The molecule has 17 heavy (non-hydrogen) atoms. The number of hydrogen-bond acceptors (Lipinski definition) is 2. The van der Waals surface area contributed by atoms with Gasteiger partial charge in [-0.3, -0.25) is 4.68 Å². The minimum Gasteiger partial charge on any atom is -0.385 e. The van der Waals surface area contributed by atoms with E-state index in [1.165, 1.54) is 0 Å². The molecule has 0 amide bonds. The van der Waals surface area contributed by atoms with Crippen LogP contribution in [0.5, 0.6) is 0 Å². The molecule has 96 valence electrons. The van der Waals surface area contributed by atoms with Crippen molar-refractivity contribution in [3.8, 4) is 0 Å². The molecule has 1 saturated carbocycles. The topological polar surface area (TPSA) is 38.0 Å². The Labute approximate surface area is 104 Å². The molecule has 0 unspecified atom stereocenters. The summed E-state index contributed by atoms with van der Waals surface area (Å²) >= 11 is 0. The van der Waals surface area contributed by atoms with Gasteiger partial charge in [0.25, 0.3) is 0 Å². The first kappa shape index (κ1) is 12.6. The average Bonchev–Trinajstić information content (AvgIpc) is 2.44. The second-order valence-corrected chi connectivity index (χ2v) is 7.29. The van der Waals surface area contributed by atoms with Crippen molar-refractivity contribution in [3.05, 3.63) is 18.0 Å². The standard InChI is InChI=1S/C14H24N2O/c1-12(2)8-13(3,4)10-14(17,9-12)11-6-15-16(5)7-11/h6-7,17H,8-10H2,1-5H3. The smallest absolute Gasteiger partial charge is 0.0937 e. The SMILES string of the molecule is Cn1cc(C2(O)CC(C)(C)CC(C)(C)C2)cn1. The first-order chi connectivity index (χ1) is 7.62. The monoisotopic (exact) mass is 236 g/mol. The zero-order chi connectivity index (χ0) is 12.9. The van der Waals surface area contributed by atoms with Crippen molar-refractivity contribution in [3.63, 3.8) is 0 Å². The Hall–Kier alpha value is -0.830. The van der Waals surface area contributed by atoms with Crippen molar-refractivity contribution in [2.24, 2.45) is 17.9 Å². The summed E-state index contributed by atoms with van der Waals surface area (Å²) in [7, 11) is 1.89. The Morgan fingerprint density at radius 2 is 1.65 bits per heavy atom. The summed E-state index contributed by atoms with van der Waals surface area (Å²) in [6.07, 6.45) is 6.53. The van der Waals surface area contributed by atoms with Gasteiger partial charge in [-0.1, -0.05) is 27.7 Å². The van der Waals surface area contributed by atoms with Crippen molar-refractivity contribution in [2.45, 2.75) is 52.6 Å². The highest BCUT2D eigenvalue weighted by atomic mass is 16.3. The lowest BCUT2D eigenvalue weighted by Crippen LogP contribution is -2.44. The van der Waals surface area contributed by atoms with Crippen molar-refractivity contribution in [1.82, 2.24) is 9.78 Å². The van der Waals surface area contributed by atoms with Gasteiger partial charge in [0.2, 0.25) is 0 Å². The Kier molecular flexibility index (Phi) is 2.66. The van der Waals surface area contributed by atoms with E-state index in [9.17, 15) is 5.11 Å². The molecular weight excluding hydrogens is 212 g/mol. The molecule has 1 fully saturated rings. The van der Waals surface area contributed by atoms with E-state index in [4.69, 9.17) is 0 Å². The van der Waals surface area contributed by atoms with E-state index in [2.05, 4.69) is 32.8 Å². The number of aliphatic hydroxyl groups is 1. The molecule has 0 aromatic carbocycles. The number of aryl methyl sites for hydroxylation is 1. The van der Waals surface area contributed by atoms with Gasteiger partial charge in [-0.15, -0.1) is 0 Å². The first-order valence-electron chi connectivity index (χ1n) is 6.34.